The Morgan fingerprint density at radius 3 is 3.06 bits per heavy atom. The molecule has 0 amide bonds. The fourth-order valence-corrected chi connectivity index (χ4v) is 1.88. The third-order valence-electron chi connectivity index (χ3n) is 2.91. The van der Waals surface area contributed by atoms with E-state index >= 15 is 0 Å². The molecule has 2 rings (SSSR count). The monoisotopic (exact) mass is 252 g/mol. The second-order valence-corrected chi connectivity index (χ2v) is 4.07. The Bertz CT molecular complexity index is 585. The molecule has 5 N–H and O–H groups in total. The van der Waals surface area contributed by atoms with E-state index in [0.29, 0.717) is 23.9 Å². The van der Waals surface area contributed by atoms with Gasteiger partial charge in [0, 0.05) is 13.3 Å². The number of nitrogens with one attached hydrogen (secondary N) is 2. The van der Waals surface area contributed by atoms with E-state index in [4.69, 9.17) is 15.6 Å². The van der Waals surface area contributed by atoms with Crippen molar-refractivity contribution < 1.29 is 9.84 Å². The molecule has 1 unspecified atom stereocenters. The number of hydrogen-bond acceptors (Lipinski definition) is 5. The van der Waals surface area contributed by atoms with Gasteiger partial charge in [0.05, 0.1) is 12.7 Å². The van der Waals surface area contributed by atoms with Crippen LogP contribution in [0.5, 0.6) is 0 Å². The van der Waals surface area contributed by atoms with E-state index in [2.05, 4.69) is 15.0 Å². The quantitative estimate of drug-likeness (QED) is 0.586. The smallest absolute Gasteiger partial charge is 0.276 e. The molecule has 2 heterocycles. The molecule has 0 aliphatic carbocycles. The molecule has 7 heteroatoms. The lowest BCUT2D eigenvalue weighted by molar-refractivity contribution is 0.0436. The lowest BCUT2D eigenvalue weighted by atomic mass is 10.1. The number of anilines is 1. The molecule has 0 aliphatic rings. The van der Waals surface area contributed by atoms with E-state index in [-0.39, 0.29) is 24.2 Å². The summed E-state index contributed by atoms with van der Waals surface area (Å²) in [5, 5.41) is 9.03. The van der Waals surface area contributed by atoms with Crippen LogP contribution in [0.2, 0.25) is 0 Å². The Hall–Kier alpha value is -1.86. The maximum atomic E-state index is 11.6. The molecule has 0 saturated heterocycles. The number of nitrogens with two attached hydrogens (primary N) is 1. The molecule has 0 aromatic carbocycles. The molecule has 0 radical (unpaired) electrons. The van der Waals surface area contributed by atoms with Crippen LogP contribution in [0.1, 0.15) is 12.0 Å². The van der Waals surface area contributed by atoms with Crippen molar-refractivity contribution in [2.24, 2.45) is 0 Å². The first-order chi connectivity index (χ1) is 8.65. The number of aliphatic hydroxyl groups is 1. The van der Waals surface area contributed by atoms with Gasteiger partial charge in [-0.1, -0.05) is 0 Å². The van der Waals surface area contributed by atoms with Gasteiger partial charge in [-0.2, -0.15) is 0 Å². The summed E-state index contributed by atoms with van der Waals surface area (Å²) in [7, 11) is 1.55. The average molecular weight is 252 g/mol. The SMILES string of the molecule is COC(CO)CCc1c[nH]c2c(=O)[nH]c(N)nc12. The third-order valence-corrected chi connectivity index (χ3v) is 2.91. The molecule has 18 heavy (non-hydrogen) atoms. The largest absolute Gasteiger partial charge is 0.394 e. The summed E-state index contributed by atoms with van der Waals surface area (Å²) in [6, 6.07) is 0. The molecular weight excluding hydrogens is 236 g/mol. The molecule has 2 aromatic rings. The number of fused-ring (bicyclic) bond motifs is 1. The van der Waals surface area contributed by atoms with Crippen molar-refractivity contribution in [1.82, 2.24) is 15.0 Å². The number of nitrogen functional groups attached to an aromatic ring is 1. The van der Waals surface area contributed by atoms with Crippen LogP contribution in [0.4, 0.5) is 5.95 Å². The molecule has 2 aromatic heterocycles. The van der Waals surface area contributed by atoms with Crippen molar-refractivity contribution in [3.63, 3.8) is 0 Å². The maximum Gasteiger partial charge on any atom is 0.276 e. The number of aromatic nitrogens is 3. The van der Waals surface area contributed by atoms with Gasteiger partial charge in [0.15, 0.2) is 0 Å². The molecule has 7 nitrogen and oxygen atoms in total. The summed E-state index contributed by atoms with van der Waals surface area (Å²) < 4.78 is 5.08. The third kappa shape index (κ3) is 2.36. The van der Waals surface area contributed by atoms with Crippen molar-refractivity contribution in [2.75, 3.05) is 19.5 Å². The van der Waals surface area contributed by atoms with Crippen LogP contribution in [0.15, 0.2) is 11.0 Å². The highest BCUT2D eigenvalue weighted by atomic mass is 16.5. The Labute approximate surface area is 103 Å². The van der Waals surface area contributed by atoms with Crippen LogP contribution in [0.3, 0.4) is 0 Å². The number of methoxy groups -OCH3 is 1. The minimum absolute atomic E-state index is 0.0327. The van der Waals surface area contributed by atoms with Crippen LogP contribution in [0, 0.1) is 0 Å². The molecule has 98 valence electrons. The number of H-pyrrole nitrogens is 2. The first-order valence-corrected chi connectivity index (χ1v) is 5.65. The van der Waals surface area contributed by atoms with Gasteiger partial charge in [-0.25, -0.2) is 4.98 Å². The summed E-state index contributed by atoms with van der Waals surface area (Å²) in [6.45, 7) is -0.0327. The molecule has 0 fully saturated rings. The van der Waals surface area contributed by atoms with Crippen molar-refractivity contribution in [3.8, 4) is 0 Å². The predicted molar refractivity (Wildman–Crippen MR) is 67.3 cm³/mol. The Morgan fingerprint density at radius 1 is 1.61 bits per heavy atom. The zero-order valence-corrected chi connectivity index (χ0v) is 10.1. The molecular formula is C11H16N4O3. The summed E-state index contributed by atoms with van der Waals surface area (Å²) in [5.41, 5.74) is 7.11. The van der Waals surface area contributed by atoms with Gasteiger partial charge in [0.2, 0.25) is 5.95 Å². The first-order valence-electron chi connectivity index (χ1n) is 5.65. The number of ether oxygens (including phenoxy) is 1. The van der Waals surface area contributed by atoms with Crippen molar-refractivity contribution in [2.45, 2.75) is 18.9 Å². The summed E-state index contributed by atoms with van der Waals surface area (Å²) in [6.07, 6.45) is 2.81. The highest BCUT2D eigenvalue weighted by Crippen LogP contribution is 2.16. The van der Waals surface area contributed by atoms with Gasteiger partial charge in [-0.05, 0) is 18.4 Å². The molecule has 1 atom stereocenters. The van der Waals surface area contributed by atoms with Gasteiger partial charge >= 0.3 is 0 Å². The van der Waals surface area contributed by atoms with E-state index in [9.17, 15) is 4.79 Å². The van der Waals surface area contributed by atoms with E-state index in [1.54, 1.807) is 13.3 Å². The number of hydrogen-bond donors (Lipinski definition) is 4. The standard InChI is InChI=1S/C11H16N4O3/c1-18-7(5-16)3-2-6-4-13-9-8(6)14-11(12)15-10(9)17/h4,7,13,16H,2-3,5H2,1H3,(H3,12,14,15,17). The Kier molecular flexibility index (Phi) is 3.63. The zero-order chi connectivity index (χ0) is 13.1. The lowest BCUT2D eigenvalue weighted by Crippen LogP contribution is -2.16. The number of aliphatic hydroxyl groups excluding tert-OH is 1. The normalized spacial score (nSPS) is 13.0. The fourth-order valence-electron chi connectivity index (χ4n) is 1.88. The summed E-state index contributed by atoms with van der Waals surface area (Å²) >= 11 is 0. The fraction of sp³-hybridized carbons (Fsp3) is 0.455. The number of aryl methyl sites for hydroxylation is 1. The maximum absolute atomic E-state index is 11.6. The van der Waals surface area contributed by atoms with Crippen LogP contribution >= 0.6 is 0 Å². The van der Waals surface area contributed by atoms with E-state index in [1.165, 1.54) is 0 Å². The van der Waals surface area contributed by atoms with Gasteiger partial charge in [-0.3, -0.25) is 9.78 Å². The molecule has 0 saturated carbocycles. The number of nitrogens with zero attached hydrogens (tertiary/aromatic N) is 1. The highest BCUT2D eigenvalue weighted by Gasteiger charge is 2.12. The molecule has 0 aliphatic heterocycles. The van der Waals surface area contributed by atoms with Crippen LogP contribution in [-0.4, -0.2) is 39.9 Å². The van der Waals surface area contributed by atoms with Crippen LogP contribution < -0.4 is 11.3 Å². The predicted octanol–water partition coefficient (Wildman–Crippen LogP) is -0.227. The van der Waals surface area contributed by atoms with Gasteiger partial charge in [0.25, 0.3) is 5.56 Å². The number of rotatable bonds is 5. The molecule has 0 spiro atoms. The van der Waals surface area contributed by atoms with E-state index < -0.39 is 0 Å². The molecule has 0 bridgehead atoms. The summed E-state index contributed by atoms with van der Waals surface area (Å²) in [5.74, 6) is 0.0961. The second-order valence-electron chi connectivity index (χ2n) is 4.07. The second kappa shape index (κ2) is 5.19. The van der Waals surface area contributed by atoms with Gasteiger partial charge in [0.1, 0.15) is 11.0 Å². The van der Waals surface area contributed by atoms with Gasteiger partial charge < -0.3 is 20.6 Å². The van der Waals surface area contributed by atoms with Crippen LogP contribution in [0.25, 0.3) is 11.0 Å². The lowest BCUT2D eigenvalue weighted by Gasteiger charge is -2.10. The number of aromatic amines is 2. The van der Waals surface area contributed by atoms with Crippen molar-refractivity contribution in [1.29, 1.82) is 0 Å². The first kappa shape index (κ1) is 12.6. The zero-order valence-electron chi connectivity index (χ0n) is 10.1. The summed E-state index contributed by atoms with van der Waals surface area (Å²) in [4.78, 5) is 21.0. The van der Waals surface area contributed by atoms with E-state index in [0.717, 1.165) is 5.56 Å². The Morgan fingerprint density at radius 2 is 2.39 bits per heavy atom. The highest BCUT2D eigenvalue weighted by molar-refractivity contribution is 5.78. The topological polar surface area (TPSA) is 117 Å². The van der Waals surface area contributed by atoms with E-state index in [1.807, 2.05) is 0 Å². The Balaban J connectivity index is 2.27. The van der Waals surface area contributed by atoms with Crippen molar-refractivity contribution in [3.05, 3.63) is 22.1 Å². The van der Waals surface area contributed by atoms with Crippen LogP contribution in [-0.2, 0) is 11.2 Å². The van der Waals surface area contributed by atoms with Crippen molar-refractivity contribution >= 4 is 17.0 Å². The minimum atomic E-state index is -0.283. The minimum Gasteiger partial charge on any atom is -0.394 e. The average Bonchev–Trinajstić information content (AvgIpc) is 2.74. The van der Waals surface area contributed by atoms with Gasteiger partial charge in [-0.15, -0.1) is 0 Å².